The van der Waals surface area contributed by atoms with Crippen LogP contribution >= 0.6 is 23.2 Å². The largest absolute Gasteiger partial charge is 2.00 e. The van der Waals surface area contributed by atoms with Crippen LogP contribution in [0.1, 0.15) is 51.4 Å². The zero-order chi connectivity index (χ0) is 15.1. The Kier molecular flexibility index (Phi) is 11.3. The molecule has 0 spiro atoms. The van der Waals surface area contributed by atoms with E-state index < -0.39 is 23.8 Å². The number of rotatable bonds is 2. The van der Waals surface area contributed by atoms with Crippen LogP contribution in [0.4, 0.5) is 0 Å². The Bertz CT molecular complexity index is 309. The van der Waals surface area contributed by atoms with Gasteiger partial charge >= 0.3 is 27.3 Å². The Morgan fingerprint density at radius 2 is 1.00 bits per heavy atom. The van der Waals surface area contributed by atoms with Gasteiger partial charge in [0.15, 0.2) is 0 Å². The van der Waals surface area contributed by atoms with Gasteiger partial charge < -0.3 is 19.8 Å². The zero-order valence-corrected chi connectivity index (χ0v) is 17.6. The third-order valence-electron chi connectivity index (χ3n) is 3.97. The molecule has 0 heterocycles. The smallest absolute Gasteiger partial charge is 0.550 e. The van der Waals surface area contributed by atoms with Gasteiger partial charge in [0, 0.05) is 34.5 Å². The van der Waals surface area contributed by atoms with Crippen molar-refractivity contribution in [3.05, 3.63) is 0 Å². The summed E-state index contributed by atoms with van der Waals surface area (Å²) in [7, 11) is 0. The summed E-state index contributed by atoms with van der Waals surface area (Å²) in [5, 5.41) is 20.3. The van der Waals surface area contributed by atoms with Gasteiger partial charge in [0.05, 0.1) is 0 Å². The monoisotopic (exact) mass is 436 g/mol. The molecule has 7 heteroatoms. The molecule has 0 N–H and O–H groups in total. The van der Waals surface area contributed by atoms with Crippen molar-refractivity contribution < 1.29 is 47.1 Å². The number of alkyl halides is 2. The van der Waals surface area contributed by atoms with Gasteiger partial charge in [-0.2, -0.15) is 0 Å². The fourth-order valence-corrected chi connectivity index (χ4v) is 3.47. The minimum Gasteiger partial charge on any atom is -0.550 e. The predicted molar refractivity (Wildman–Crippen MR) is 73.2 cm³/mol. The summed E-state index contributed by atoms with van der Waals surface area (Å²) in [6.45, 7) is 0. The van der Waals surface area contributed by atoms with Gasteiger partial charge in [-0.15, -0.1) is 23.2 Å². The van der Waals surface area contributed by atoms with E-state index in [1.165, 1.54) is 0 Å². The first-order chi connectivity index (χ1) is 9.43. The molecule has 21 heavy (non-hydrogen) atoms. The number of halogens is 2. The number of carbonyl (C=O) groups is 2. The van der Waals surface area contributed by atoms with Crippen LogP contribution in [0.15, 0.2) is 0 Å². The van der Waals surface area contributed by atoms with Crippen molar-refractivity contribution in [2.75, 3.05) is 0 Å². The average molecular weight is 436 g/mol. The fraction of sp³-hybridized carbons (Fsp3) is 0.857. The molecule has 2 saturated carbocycles. The number of carboxylic acid groups (broad SMARTS) is 2. The summed E-state index contributed by atoms with van der Waals surface area (Å²) >= 11 is 11.5. The summed E-state index contributed by atoms with van der Waals surface area (Å²) in [6, 6.07) is 0. The van der Waals surface area contributed by atoms with E-state index in [1.54, 1.807) is 0 Å². The molecule has 0 saturated heterocycles. The van der Waals surface area contributed by atoms with Crippen LogP contribution in [0.2, 0.25) is 0 Å². The third-order valence-corrected chi connectivity index (χ3v) is 5.01. The second-order valence-electron chi connectivity index (χ2n) is 5.45. The van der Waals surface area contributed by atoms with E-state index in [9.17, 15) is 19.8 Å². The summed E-state index contributed by atoms with van der Waals surface area (Å²) in [6.07, 6.45) is 7.08. The Morgan fingerprint density at radius 3 is 1.19 bits per heavy atom. The molecule has 0 aromatic heterocycles. The molecule has 4 nitrogen and oxygen atoms in total. The van der Waals surface area contributed by atoms with Crippen molar-refractivity contribution in [1.29, 1.82) is 0 Å². The van der Waals surface area contributed by atoms with Crippen LogP contribution in [0.25, 0.3) is 0 Å². The summed E-state index contributed by atoms with van der Waals surface area (Å²) in [4.78, 5) is 20.7. The molecular formula is C14H20CdCl2O4. The number of hydrogen-bond acceptors (Lipinski definition) is 4. The predicted octanol–water partition coefficient (Wildman–Crippen LogP) is 1.07. The summed E-state index contributed by atoms with van der Waals surface area (Å²) in [5.41, 5.74) is 0. The fourth-order valence-electron chi connectivity index (χ4n) is 2.70. The van der Waals surface area contributed by atoms with Crippen molar-refractivity contribution in [3.63, 3.8) is 0 Å². The molecular weight excluding hydrogens is 415 g/mol. The van der Waals surface area contributed by atoms with Gasteiger partial charge in [-0.1, -0.05) is 25.7 Å². The van der Waals surface area contributed by atoms with E-state index in [0.29, 0.717) is 12.8 Å². The van der Waals surface area contributed by atoms with E-state index in [-0.39, 0.29) is 38.1 Å². The van der Waals surface area contributed by atoms with Crippen LogP contribution in [-0.2, 0) is 36.9 Å². The van der Waals surface area contributed by atoms with Crippen molar-refractivity contribution >= 4 is 35.1 Å². The number of hydrogen-bond donors (Lipinski definition) is 0. The van der Waals surface area contributed by atoms with Gasteiger partial charge in [-0.05, 0) is 25.7 Å². The first-order valence-electron chi connectivity index (χ1n) is 7.13. The summed E-state index contributed by atoms with van der Waals surface area (Å²) in [5.74, 6) is -2.79. The minimum absolute atomic E-state index is 0. The quantitative estimate of drug-likeness (QED) is 0.480. The third kappa shape index (κ3) is 7.50. The zero-order valence-electron chi connectivity index (χ0n) is 12.1. The molecule has 2 aliphatic carbocycles. The van der Waals surface area contributed by atoms with E-state index >= 15 is 0 Å². The molecule has 4 unspecified atom stereocenters. The van der Waals surface area contributed by atoms with Crippen LogP contribution < -0.4 is 10.2 Å². The van der Waals surface area contributed by atoms with Crippen LogP contribution in [0, 0.1) is 11.8 Å². The van der Waals surface area contributed by atoms with Crippen molar-refractivity contribution in [2.45, 2.75) is 62.1 Å². The van der Waals surface area contributed by atoms with E-state index in [4.69, 9.17) is 23.2 Å². The molecule has 4 atom stereocenters. The van der Waals surface area contributed by atoms with Gasteiger partial charge in [-0.25, -0.2) is 0 Å². The van der Waals surface area contributed by atoms with Crippen molar-refractivity contribution in [2.24, 2.45) is 11.8 Å². The molecule has 2 fully saturated rings. The van der Waals surface area contributed by atoms with E-state index in [2.05, 4.69) is 0 Å². The maximum absolute atomic E-state index is 10.4. The topological polar surface area (TPSA) is 80.3 Å². The maximum Gasteiger partial charge on any atom is 2.00 e. The van der Waals surface area contributed by atoms with Crippen LogP contribution in [0.3, 0.4) is 0 Å². The normalized spacial score (nSPS) is 32.1. The Balaban J connectivity index is 0.000000364. The molecule has 0 aromatic carbocycles. The van der Waals surface area contributed by atoms with Gasteiger partial charge in [-0.3, -0.25) is 0 Å². The Morgan fingerprint density at radius 1 is 0.714 bits per heavy atom. The molecule has 2 rings (SSSR count). The second kappa shape index (κ2) is 11.1. The average Bonchev–Trinajstić information content (AvgIpc) is 2.40. The van der Waals surface area contributed by atoms with Gasteiger partial charge in [0.2, 0.25) is 0 Å². The van der Waals surface area contributed by atoms with Gasteiger partial charge in [0.1, 0.15) is 0 Å². The molecule has 116 valence electrons. The molecule has 0 bridgehead atoms. The molecule has 0 radical (unpaired) electrons. The van der Waals surface area contributed by atoms with Crippen molar-refractivity contribution in [3.8, 4) is 0 Å². The van der Waals surface area contributed by atoms with Gasteiger partial charge in [0.25, 0.3) is 0 Å². The Labute approximate surface area is 155 Å². The second-order valence-corrected chi connectivity index (χ2v) is 6.57. The molecule has 2 aliphatic rings. The number of carboxylic acids is 2. The summed E-state index contributed by atoms with van der Waals surface area (Å²) < 4.78 is 0. The van der Waals surface area contributed by atoms with Crippen LogP contribution in [-0.4, -0.2) is 22.7 Å². The standard InChI is InChI=1S/2C7H11ClO2.Cd/c2*8-6-4-2-1-3-5(6)7(9)10;/h2*5-6H,1-4H2,(H,9,10);/q;;+2/p-2. The number of aliphatic carboxylic acids is 2. The SMILES string of the molecule is O=C([O-])C1CCCCC1Cl.O=C([O-])C1CCCCC1Cl.[Cd+2]. The first-order valence-corrected chi connectivity index (χ1v) is 8.00. The minimum atomic E-state index is -0.986. The van der Waals surface area contributed by atoms with Crippen molar-refractivity contribution in [1.82, 2.24) is 0 Å². The number of carbonyl (C=O) groups excluding carboxylic acids is 2. The first kappa shape index (κ1) is 21.4. The molecule has 0 aliphatic heterocycles. The van der Waals surface area contributed by atoms with Crippen LogP contribution in [0.5, 0.6) is 0 Å². The Hall–Kier alpha value is 0.442. The molecule has 0 amide bonds. The van der Waals surface area contributed by atoms with E-state index in [0.717, 1.165) is 38.5 Å². The maximum atomic E-state index is 10.4. The van der Waals surface area contributed by atoms with E-state index in [1.807, 2.05) is 0 Å². The molecule has 0 aromatic rings.